The summed E-state index contributed by atoms with van der Waals surface area (Å²) in [6, 6.07) is 0.736. The zero-order chi connectivity index (χ0) is 18.0. The topological polar surface area (TPSA) is 40.5 Å². The number of benzene rings is 1. The highest BCUT2D eigenvalue weighted by Gasteiger charge is 2.37. The van der Waals surface area contributed by atoms with E-state index in [2.05, 4.69) is 0 Å². The van der Waals surface area contributed by atoms with E-state index in [-0.39, 0.29) is 19.0 Å². The number of nitrogens with zero attached hydrogens (tertiary/aromatic N) is 1. The van der Waals surface area contributed by atoms with E-state index in [0.717, 1.165) is 4.90 Å². The van der Waals surface area contributed by atoms with Gasteiger partial charge in [0.2, 0.25) is 0 Å². The minimum atomic E-state index is -5.01. The number of halogens is 6. The Kier molecular flexibility index (Phi) is 5.68. The lowest BCUT2D eigenvalue weighted by Crippen LogP contribution is -2.30. The van der Waals surface area contributed by atoms with Crippen molar-refractivity contribution >= 4 is 5.91 Å². The molecule has 0 aliphatic rings. The molecule has 0 radical (unpaired) electrons. The highest BCUT2D eigenvalue weighted by atomic mass is 19.4. The average Bonchev–Trinajstić information content (AvgIpc) is 2.41. The fourth-order valence-electron chi connectivity index (χ4n) is 1.78. The van der Waals surface area contributed by atoms with Crippen LogP contribution in [0.3, 0.4) is 0 Å². The summed E-state index contributed by atoms with van der Waals surface area (Å²) in [5.74, 6) is -0.984. The standard InChI is InChI=1S/C14H15F6NO2/c1-8(22)3-4-21(2)12(23)9-5-10(13(15,16)17)7-11(6-9)14(18,19)20/h5-8,22H,3-4H2,1-2H3. The van der Waals surface area contributed by atoms with Gasteiger partial charge in [-0.3, -0.25) is 4.79 Å². The molecule has 0 bridgehead atoms. The third-order valence-electron chi connectivity index (χ3n) is 3.06. The maximum Gasteiger partial charge on any atom is 0.416 e. The first-order valence-electron chi connectivity index (χ1n) is 6.55. The van der Waals surface area contributed by atoms with E-state index in [9.17, 15) is 31.1 Å². The number of hydrogen-bond donors (Lipinski definition) is 1. The van der Waals surface area contributed by atoms with Gasteiger partial charge in [-0.1, -0.05) is 0 Å². The summed E-state index contributed by atoms with van der Waals surface area (Å²) in [6.45, 7) is 1.44. The molecule has 0 heterocycles. The second-order valence-corrected chi connectivity index (χ2v) is 5.16. The van der Waals surface area contributed by atoms with Crippen LogP contribution < -0.4 is 0 Å². The minimum Gasteiger partial charge on any atom is -0.393 e. The molecule has 130 valence electrons. The molecule has 23 heavy (non-hydrogen) atoms. The molecule has 0 saturated heterocycles. The molecular weight excluding hydrogens is 328 g/mol. The van der Waals surface area contributed by atoms with Crippen molar-refractivity contribution in [2.24, 2.45) is 0 Å². The third kappa shape index (κ3) is 5.42. The van der Waals surface area contributed by atoms with E-state index in [1.807, 2.05) is 0 Å². The van der Waals surface area contributed by atoms with Gasteiger partial charge in [0, 0.05) is 19.2 Å². The summed E-state index contributed by atoms with van der Waals surface area (Å²) in [6.07, 6.45) is -10.6. The lowest BCUT2D eigenvalue weighted by molar-refractivity contribution is -0.143. The molecule has 1 rings (SSSR count). The highest BCUT2D eigenvalue weighted by Crippen LogP contribution is 2.36. The van der Waals surface area contributed by atoms with Crippen molar-refractivity contribution in [3.05, 3.63) is 34.9 Å². The molecule has 0 aromatic heterocycles. The molecule has 1 atom stereocenters. The smallest absolute Gasteiger partial charge is 0.393 e. The van der Waals surface area contributed by atoms with E-state index in [1.165, 1.54) is 14.0 Å². The Balaban J connectivity index is 3.22. The van der Waals surface area contributed by atoms with Gasteiger partial charge in [0.25, 0.3) is 5.91 Å². The van der Waals surface area contributed by atoms with Gasteiger partial charge in [0.05, 0.1) is 17.2 Å². The maximum absolute atomic E-state index is 12.7. The molecule has 0 fully saturated rings. The number of carbonyl (C=O) groups is 1. The highest BCUT2D eigenvalue weighted by molar-refractivity contribution is 5.94. The molecule has 0 aliphatic heterocycles. The van der Waals surface area contributed by atoms with Gasteiger partial charge < -0.3 is 10.0 Å². The number of alkyl halides is 6. The van der Waals surface area contributed by atoms with E-state index in [0.29, 0.717) is 12.1 Å². The monoisotopic (exact) mass is 343 g/mol. The van der Waals surface area contributed by atoms with Crippen LogP contribution in [0.15, 0.2) is 18.2 Å². The second-order valence-electron chi connectivity index (χ2n) is 5.16. The van der Waals surface area contributed by atoms with Crippen LogP contribution in [0.2, 0.25) is 0 Å². The van der Waals surface area contributed by atoms with Gasteiger partial charge in [-0.15, -0.1) is 0 Å². The Hall–Kier alpha value is -1.77. The van der Waals surface area contributed by atoms with Crippen LogP contribution in [0.4, 0.5) is 26.3 Å². The maximum atomic E-state index is 12.7. The van der Waals surface area contributed by atoms with Gasteiger partial charge in [-0.05, 0) is 31.5 Å². The summed E-state index contributed by atoms with van der Waals surface area (Å²) in [5, 5.41) is 9.12. The molecule has 1 N–H and O–H groups in total. The molecule has 1 aromatic rings. The van der Waals surface area contributed by atoms with Gasteiger partial charge in [0.15, 0.2) is 0 Å². The lowest BCUT2D eigenvalue weighted by atomic mass is 10.0. The number of carbonyl (C=O) groups excluding carboxylic acids is 1. The van der Waals surface area contributed by atoms with Crippen molar-refractivity contribution in [3.8, 4) is 0 Å². The van der Waals surface area contributed by atoms with Gasteiger partial charge >= 0.3 is 12.4 Å². The van der Waals surface area contributed by atoms with Gasteiger partial charge in [0.1, 0.15) is 0 Å². The minimum absolute atomic E-state index is 0.00586. The largest absolute Gasteiger partial charge is 0.416 e. The molecule has 1 amide bonds. The van der Waals surface area contributed by atoms with Crippen LogP contribution >= 0.6 is 0 Å². The van der Waals surface area contributed by atoms with Gasteiger partial charge in [-0.2, -0.15) is 26.3 Å². The predicted molar refractivity (Wildman–Crippen MR) is 69.7 cm³/mol. The zero-order valence-electron chi connectivity index (χ0n) is 12.3. The summed E-state index contributed by atoms with van der Waals surface area (Å²) in [7, 11) is 1.23. The molecule has 3 nitrogen and oxygen atoms in total. The van der Waals surface area contributed by atoms with E-state index in [1.54, 1.807) is 0 Å². The normalized spacial score (nSPS) is 13.8. The first kappa shape index (κ1) is 19.3. The molecule has 0 spiro atoms. The van der Waals surface area contributed by atoms with Crippen LogP contribution in [-0.2, 0) is 12.4 Å². The SMILES string of the molecule is CC(O)CCN(C)C(=O)c1cc(C(F)(F)F)cc(C(F)(F)F)c1. The van der Waals surface area contributed by atoms with E-state index >= 15 is 0 Å². The lowest BCUT2D eigenvalue weighted by Gasteiger charge is -2.20. The van der Waals surface area contributed by atoms with Crippen molar-refractivity contribution in [1.29, 1.82) is 0 Å². The van der Waals surface area contributed by atoms with E-state index in [4.69, 9.17) is 5.11 Å². The van der Waals surface area contributed by atoms with Crippen molar-refractivity contribution in [2.75, 3.05) is 13.6 Å². The average molecular weight is 343 g/mol. The molecule has 9 heteroatoms. The number of amides is 1. The Bertz CT molecular complexity index is 533. The predicted octanol–water partition coefficient (Wildman–Crippen LogP) is 3.57. The fourth-order valence-corrected chi connectivity index (χ4v) is 1.78. The Morgan fingerprint density at radius 3 is 1.87 bits per heavy atom. The first-order valence-corrected chi connectivity index (χ1v) is 6.55. The molecule has 1 aromatic carbocycles. The summed E-state index contributed by atoms with van der Waals surface area (Å²) in [5.41, 5.74) is -3.79. The van der Waals surface area contributed by atoms with Gasteiger partial charge in [-0.25, -0.2) is 0 Å². The van der Waals surface area contributed by atoms with Crippen LogP contribution in [0.25, 0.3) is 0 Å². The van der Waals surface area contributed by atoms with Crippen LogP contribution in [0, 0.1) is 0 Å². The van der Waals surface area contributed by atoms with Crippen molar-refractivity contribution in [1.82, 2.24) is 4.90 Å². The summed E-state index contributed by atoms with van der Waals surface area (Å²) >= 11 is 0. The molecular formula is C14H15F6NO2. The van der Waals surface area contributed by atoms with Crippen molar-refractivity contribution < 1.29 is 36.2 Å². The second kappa shape index (κ2) is 6.77. The Morgan fingerprint density at radius 2 is 1.52 bits per heavy atom. The van der Waals surface area contributed by atoms with Crippen molar-refractivity contribution in [2.45, 2.75) is 31.8 Å². The van der Waals surface area contributed by atoms with E-state index < -0.39 is 41.1 Å². The summed E-state index contributed by atoms with van der Waals surface area (Å²) < 4.78 is 76.4. The van der Waals surface area contributed by atoms with Crippen LogP contribution in [-0.4, -0.2) is 35.6 Å². The molecule has 0 saturated carbocycles. The Morgan fingerprint density at radius 1 is 1.09 bits per heavy atom. The number of aliphatic hydroxyl groups excluding tert-OH is 1. The Labute approximate surface area is 128 Å². The molecule has 1 unspecified atom stereocenters. The third-order valence-corrected chi connectivity index (χ3v) is 3.06. The first-order chi connectivity index (χ1) is 10.3. The summed E-state index contributed by atoms with van der Waals surface area (Å²) in [4.78, 5) is 13.0. The number of aliphatic hydroxyl groups is 1. The number of hydrogen-bond acceptors (Lipinski definition) is 2. The molecule has 0 aliphatic carbocycles. The number of rotatable bonds is 4. The van der Waals surface area contributed by atoms with Crippen LogP contribution in [0.5, 0.6) is 0 Å². The zero-order valence-corrected chi connectivity index (χ0v) is 12.3. The fraction of sp³-hybridized carbons (Fsp3) is 0.500. The van der Waals surface area contributed by atoms with Crippen LogP contribution in [0.1, 0.15) is 34.8 Å². The quantitative estimate of drug-likeness (QED) is 0.849. The van der Waals surface area contributed by atoms with Crippen molar-refractivity contribution in [3.63, 3.8) is 0 Å².